The number of nitrogens with zero attached hydrogens (tertiary/aromatic N) is 3. The molecule has 0 radical (unpaired) electrons. The standard InChI is InChI=1S/C25H33N5O4.C2HF3O2/c1-18(2)27-23(31)17-29-10-12-30(13-11-29)25(26-16-19-6-4-9-22(14-19)34-3)28-21-8-5-7-20(15-21)24(32)33;3-2(4,5)1(6)7/h4-9,14-15,18H,10-13,16-17H2,1-3H3,(H,26,28)(H,27,31)(H,32,33);(H,6,7). The molecule has 1 aliphatic heterocycles. The number of ether oxygens (including phenoxy) is 1. The lowest BCUT2D eigenvalue weighted by Crippen LogP contribution is -2.53. The average molecular weight is 582 g/mol. The van der Waals surface area contributed by atoms with Crippen LogP contribution in [0.15, 0.2) is 53.5 Å². The van der Waals surface area contributed by atoms with Crippen molar-refractivity contribution in [2.45, 2.75) is 32.6 Å². The highest BCUT2D eigenvalue weighted by molar-refractivity contribution is 5.96. The predicted octanol–water partition coefficient (Wildman–Crippen LogP) is 3.14. The summed E-state index contributed by atoms with van der Waals surface area (Å²) in [4.78, 5) is 41.5. The van der Waals surface area contributed by atoms with Gasteiger partial charge < -0.3 is 30.5 Å². The fraction of sp³-hybridized carbons (Fsp3) is 0.407. The summed E-state index contributed by atoms with van der Waals surface area (Å²) >= 11 is 0. The number of carboxylic acids is 2. The molecule has 0 aromatic heterocycles. The normalized spacial score (nSPS) is 14.1. The molecule has 0 unspecified atom stereocenters. The smallest absolute Gasteiger partial charge is 0.490 e. The fourth-order valence-corrected chi connectivity index (χ4v) is 3.70. The van der Waals surface area contributed by atoms with Crippen LogP contribution in [0.25, 0.3) is 0 Å². The second-order valence-corrected chi connectivity index (χ2v) is 9.29. The van der Waals surface area contributed by atoms with Gasteiger partial charge in [0, 0.05) is 37.9 Å². The number of carbonyl (C=O) groups excluding carboxylic acids is 1. The Morgan fingerprint density at radius 1 is 1.02 bits per heavy atom. The number of halogens is 3. The number of piperazine rings is 1. The minimum Gasteiger partial charge on any atom is -0.497 e. The molecule has 4 N–H and O–H groups in total. The van der Waals surface area contributed by atoms with E-state index >= 15 is 0 Å². The Bertz CT molecular complexity index is 1210. The number of benzene rings is 2. The summed E-state index contributed by atoms with van der Waals surface area (Å²) < 4.78 is 37.0. The van der Waals surface area contributed by atoms with Crippen LogP contribution in [-0.2, 0) is 16.1 Å². The van der Waals surface area contributed by atoms with Gasteiger partial charge in [-0.25, -0.2) is 14.6 Å². The van der Waals surface area contributed by atoms with Gasteiger partial charge in [-0.15, -0.1) is 0 Å². The number of aromatic carboxylic acids is 1. The van der Waals surface area contributed by atoms with E-state index in [2.05, 4.69) is 20.4 Å². The van der Waals surface area contributed by atoms with Gasteiger partial charge in [-0.2, -0.15) is 13.2 Å². The van der Waals surface area contributed by atoms with E-state index in [0.717, 1.165) is 24.4 Å². The average Bonchev–Trinajstić information content (AvgIpc) is 2.91. The minimum absolute atomic E-state index is 0.0268. The first-order valence-corrected chi connectivity index (χ1v) is 12.6. The van der Waals surface area contributed by atoms with Gasteiger partial charge in [-0.3, -0.25) is 9.69 Å². The highest BCUT2D eigenvalue weighted by atomic mass is 19.4. The van der Waals surface area contributed by atoms with Crippen molar-refractivity contribution in [3.63, 3.8) is 0 Å². The highest BCUT2D eigenvalue weighted by Gasteiger charge is 2.38. The van der Waals surface area contributed by atoms with Crippen LogP contribution in [-0.4, -0.2) is 95.9 Å². The van der Waals surface area contributed by atoms with Gasteiger partial charge in [0.2, 0.25) is 5.91 Å². The Kier molecular flexibility index (Phi) is 12.4. The molecule has 11 nitrogen and oxygen atoms in total. The van der Waals surface area contributed by atoms with E-state index < -0.39 is 18.1 Å². The Hall–Kier alpha value is -4.33. The molecule has 0 atom stereocenters. The largest absolute Gasteiger partial charge is 0.497 e. The van der Waals surface area contributed by atoms with Crippen LogP contribution in [0.2, 0.25) is 0 Å². The van der Waals surface area contributed by atoms with Gasteiger partial charge in [-0.05, 0) is 49.7 Å². The number of methoxy groups -OCH3 is 1. The van der Waals surface area contributed by atoms with Gasteiger partial charge in [0.05, 0.1) is 25.8 Å². The van der Waals surface area contributed by atoms with Crippen molar-refractivity contribution in [1.29, 1.82) is 0 Å². The van der Waals surface area contributed by atoms with Gasteiger partial charge in [-0.1, -0.05) is 18.2 Å². The number of rotatable bonds is 8. The first-order chi connectivity index (χ1) is 19.3. The number of alkyl halides is 3. The van der Waals surface area contributed by atoms with Gasteiger partial charge in [0.1, 0.15) is 5.75 Å². The van der Waals surface area contributed by atoms with Gasteiger partial charge >= 0.3 is 18.1 Å². The van der Waals surface area contributed by atoms with Crippen molar-refractivity contribution >= 4 is 29.5 Å². The van der Waals surface area contributed by atoms with E-state index in [4.69, 9.17) is 19.6 Å². The van der Waals surface area contributed by atoms with Gasteiger partial charge in [0.25, 0.3) is 0 Å². The van der Waals surface area contributed by atoms with Crippen LogP contribution >= 0.6 is 0 Å². The summed E-state index contributed by atoms with van der Waals surface area (Å²) in [5, 5.41) is 22.7. The Morgan fingerprint density at radius 3 is 2.22 bits per heavy atom. The second-order valence-electron chi connectivity index (χ2n) is 9.29. The van der Waals surface area contributed by atoms with E-state index in [9.17, 15) is 27.9 Å². The summed E-state index contributed by atoms with van der Waals surface area (Å²) in [5.41, 5.74) is 1.86. The molecule has 41 heavy (non-hydrogen) atoms. The lowest BCUT2D eigenvalue weighted by atomic mass is 10.2. The zero-order chi connectivity index (χ0) is 30.6. The number of guanidine groups is 1. The number of amides is 1. The number of carbonyl (C=O) groups is 3. The molecule has 1 amide bonds. The Morgan fingerprint density at radius 2 is 1.66 bits per heavy atom. The molecule has 0 aliphatic carbocycles. The van der Waals surface area contributed by atoms with E-state index in [1.54, 1.807) is 25.3 Å². The third-order valence-electron chi connectivity index (χ3n) is 5.64. The molecular formula is C27H34F3N5O6. The number of nitrogens with one attached hydrogen (secondary N) is 2. The molecular weight excluding hydrogens is 547 g/mol. The molecule has 1 heterocycles. The SMILES string of the molecule is COc1cccc(CN=C(Nc2cccc(C(=O)O)c2)N2CCN(CC(=O)NC(C)C)CC2)c1.O=C(O)C(F)(F)F. The van der Waals surface area contributed by atoms with E-state index in [0.29, 0.717) is 37.8 Å². The molecule has 0 saturated carbocycles. The Balaban J connectivity index is 0.000000745. The lowest BCUT2D eigenvalue weighted by molar-refractivity contribution is -0.192. The maximum atomic E-state index is 12.1. The number of anilines is 1. The van der Waals surface area contributed by atoms with Crippen molar-refractivity contribution in [1.82, 2.24) is 15.1 Å². The zero-order valence-electron chi connectivity index (χ0n) is 22.9. The topological polar surface area (TPSA) is 144 Å². The van der Waals surface area contributed by atoms with Crippen LogP contribution < -0.4 is 15.4 Å². The molecule has 2 aromatic carbocycles. The molecule has 14 heteroatoms. The van der Waals surface area contributed by atoms with E-state index in [1.165, 1.54) is 0 Å². The first-order valence-electron chi connectivity index (χ1n) is 12.6. The van der Waals surface area contributed by atoms with Crippen molar-refractivity contribution in [2.75, 3.05) is 45.2 Å². The predicted molar refractivity (Wildman–Crippen MR) is 146 cm³/mol. The monoisotopic (exact) mass is 581 g/mol. The quantitative estimate of drug-likeness (QED) is 0.273. The summed E-state index contributed by atoms with van der Waals surface area (Å²) in [6, 6.07) is 14.5. The molecule has 1 fully saturated rings. The fourth-order valence-electron chi connectivity index (χ4n) is 3.70. The van der Waals surface area contributed by atoms with Crippen molar-refractivity contribution in [2.24, 2.45) is 4.99 Å². The summed E-state index contributed by atoms with van der Waals surface area (Å²) in [6.45, 7) is 7.54. The van der Waals surface area contributed by atoms with Crippen molar-refractivity contribution in [3.8, 4) is 5.75 Å². The van der Waals surface area contributed by atoms with Crippen LogP contribution in [0.1, 0.15) is 29.8 Å². The van der Waals surface area contributed by atoms with Crippen molar-refractivity contribution in [3.05, 3.63) is 59.7 Å². The van der Waals surface area contributed by atoms with Crippen LogP contribution in [0.5, 0.6) is 5.75 Å². The van der Waals surface area contributed by atoms with Crippen LogP contribution in [0.4, 0.5) is 18.9 Å². The molecule has 224 valence electrons. The lowest BCUT2D eigenvalue weighted by Gasteiger charge is -2.36. The zero-order valence-corrected chi connectivity index (χ0v) is 22.9. The molecule has 1 saturated heterocycles. The molecule has 1 aliphatic rings. The molecule has 0 spiro atoms. The number of hydrogen-bond donors (Lipinski definition) is 4. The van der Waals surface area contributed by atoms with Crippen LogP contribution in [0.3, 0.4) is 0 Å². The number of carboxylic acid groups (broad SMARTS) is 2. The first kappa shape index (κ1) is 32.9. The highest BCUT2D eigenvalue weighted by Crippen LogP contribution is 2.16. The van der Waals surface area contributed by atoms with Gasteiger partial charge in [0.15, 0.2) is 5.96 Å². The van der Waals surface area contributed by atoms with E-state index in [-0.39, 0.29) is 17.5 Å². The maximum Gasteiger partial charge on any atom is 0.490 e. The second kappa shape index (κ2) is 15.5. The number of hydrogen-bond acceptors (Lipinski definition) is 6. The number of aliphatic carboxylic acids is 1. The Labute approximate surface area is 235 Å². The molecule has 3 rings (SSSR count). The number of aliphatic imine (C=N–C) groups is 1. The van der Waals surface area contributed by atoms with E-state index in [1.807, 2.05) is 44.2 Å². The third-order valence-corrected chi connectivity index (χ3v) is 5.64. The van der Waals surface area contributed by atoms with Crippen LogP contribution in [0, 0.1) is 0 Å². The minimum atomic E-state index is -5.08. The molecule has 0 bridgehead atoms. The molecule has 2 aromatic rings. The summed E-state index contributed by atoms with van der Waals surface area (Å²) in [7, 11) is 1.63. The maximum absolute atomic E-state index is 12.1. The summed E-state index contributed by atoms with van der Waals surface area (Å²) in [5.74, 6) is -2.28. The summed E-state index contributed by atoms with van der Waals surface area (Å²) in [6.07, 6.45) is -5.08. The third kappa shape index (κ3) is 11.7. The van der Waals surface area contributed by atoms with Crippen molar-refractivity contribution < 1.29 is 42.5 Å².